The lowest BCUT2D eigenvalue weighted by Crippen LogP contribution is -2.30. The number of aliphatic carboxylic acids is 1. The third-order valence-corrected chi connectivity index (χ3v) is 4.70. The van der Waals surface area contributed by atoms with Crippen LogP contribution in [0.3, 0.4) is 0 Å². The normalized spacial score (nSPS) is 19.3. The van der Waals surface area contributed by atoms with Crippen molar-refractivity contribution in [2.45, 2.75) is 25.6 Å². The first-order valence-electron chi connectivity index (χ1n) is 8.01. The fraction of sp³-hybridized carbons (Fsp3) is 0.263. The van der Waals surface area contributed by atoms with Crippen molar-refractivity contribution in [3.05, 3.63) is 58.9 Å². The number of carboxylic acids is 1. The maximum atomic E-state index is 13.9. The molecule has 5 nitrogen and oxygen atoms in total. The topological polar surface area (TPSA) is 67.8 Å². The van der Waals surface area contributed by atoms with E-state index in [0.29, 0.717) is 17.0 Å². The molecule has 2 aromatic rings. The Morgan fingerprint density at radius 3 is 2.81 bits per heavy atom. The van der Waals surface area contributed by atoms with Gasteiger partial charge in [-0.1, -0.05) is 24.4 Å². The highest BCUT2D eigenvalue weighted by Gasteiger charge is 2.32. The van der Waals surface area contributed by atoms with E-state index >= 15 is 0 Å². The Kier molecular flexibility index (Phi) is 5.20. The summed E-state index contributed by atoms with van der Waals surface area (Å²) in [5.74, 6) is -0.779. The Morgan fingerprint density at radius 1 is 1.35 bits per heavy atom. The Bertz CT molecular complexity index is 871. The first-order valence-corrected chi connectivity index (χ1v) is 8.42. The molecule has 0 aliphatic carbocycles. The van der Waals surface area contributed by atoms with Gasteiger partial charge in [-0.2, -0.15) is 0 Å². The predicted octanol–water partition coefficient (Wildman–Crippen LogP) is 3.84. The zero-order valence-electron chi connectivity index (χ0n) is 14.3. The van der Waals surface area contributed by atoms with E-state index in [1.807, 2.05) is 25.1 Å². The molecule has 26 heavy (non-hydrogen) atoms. The molecule has 3 rings (SSSR count). The Labute approximate surface area is 155 Å². The van der Waals surface area contributed by atoms with E-state index < -0.39 is 24.0 Å². The molecule has 1 aliphatic heterocycles. The molecule has 0 spiro atoms. The number of hydrogen-bond donors (Lipinski definition) is 2. The predicted molar refractivity (Wildman–Crippen MR) is 99.3 cm³/mol. The van der Waals surface area contributed by atoms with Gasteiger partial charge in [0.2, 0.25) is 0 Å². The fourth-order valence-electron chi connectivity index (χ4n) is 3.05. The van der Waals surface area contributed by atoms with Crippen LogP contribution in [0.4, 0.5) is 10.1 Å². The summed E-state index contributed by atoms with van der Waals surface area (Å²) >= 11 is 5.31. The highest BCUT2D eigenvalue weighted by atomic mass is 32.1. The summed E-state index contributed by atoms with van der Waals surface area (Å²) in [5, 5.41) is 12.2. The largest absolute Gasteiger partial charge is 0.496 e. The van der Waals surface area contributed by atoms with Gasteiger partial charge in [0.05, 0.1) is 13.5 Å². The molecule has 0 bridgehead atoms. The molecule has 7 heteroatoms. The van der Waals surface area contributed by atoms with Crippen molar-refractivity contribution in [1.29, 1.82) is 0 Å². The first kappa shape index (κ1) is 18.3. The van der Waals surface area contributed by atoms with Crippen molar-refractivity contribution in [2.75, 3.05) is 12.4 Å². The molecule has 2 atom stereocenters. The molecule has 2 unspecified atom stereocenters. The molecule has 0 aromatic heterocycles. The molecule has 0 fully saturated rings. The Morgan fingerprint density at radius 2 is 2.12 bits per heavy atom. The summed E-state index contributed by atoms with van der Waals surface area (Å²) in [5.41, 5.74) is 2.74. The minimum Gasteiger partial charge on any atom is -0.496 e. The highest BCUT2D eigenvalue weighted by Crippen LogP contribution is 2.39. The fourth-order valence-corrected chi connectivity index (χ4v) is 3.30. The van der Waals surface area contributed by atoms with Crippen LogP contribution in [0.1, 0.15) is 29.2 Å². The molecule has 2 N–H and O–H groups in total. The SMILES string of the molecule is COc1cccc(C2OC(CC(=O)O)C(=S)Nc3ccc(F)cc32)c1C. The number of rotatable bonds is 4. The van der Waals surface area contributed by atoms with E-state index in [4.69, 9.17) is 21.7 Å². The summed E-state index contributed by atoms with van der Waals surface area (Å²) in [6.45, 7) is 1.87. The molecular weight excluding hydrogens is 357 g/mol. The number of anilines is 1. The van der Waals surface area contributed by atoms with Crippen molar-refractivity contribution in [2.24, 2.45) is 0 Å². The van der Waals surface area contributed by atoms with Gasteiger partial charge < -0.3 is 19.9 Å². The van der Waals surface area contributed by atoms with Gasteiger partial charge in [-0.3, -0.25) is 4.79 Å². The number of thiocarbonyl (C=S) groups is 1. The van der Waals surface area contributed by atoms with Crippen LogP contribution in [-0.2, 0) is 9.53 Å². The van der Waals surface area contributed by atoms with Crippen molar-refractivity contribution in [1.82, 2.24) is 0 Å². The number of nitrogens with one attached hydrogen (secondary N) is 1. The van der Waals surface area contributed by atoms with Crippen molar-refractivity contribution < 1.29 is 23.8 Å². The van der Waals surface area contributed by atoms with E-state index in [0.717, 1.165) is 11.1 Å². The number of methoxy groups -OCH3 is 1. The third kappa shape index (κ3) is 3.54. The number of halogens is 1. The van der Waals surface area contributed by atoms with E-state index in [-0.39, 0.29) is 11.4 Å². The first-order chi connectivity index (χ1) is 12.4. The molecule has 0 amide bonds. The smallest absolute Gasteiger partial charge is 0.306 e. The maximum absolute atomic E-state index is 13.9. The van der Waals surface area contributed by atoms with E-state index in [9.17, 15) is 14.3 Å². The van der Waals surface area contributed by atoms with Crippen molar-refractivity contribution >= 4 is 28.9 Å². The average molecular weight is 375 g/mol. The van der Waals surface area contributed by atoms with Gasteiger partial charge in [0.1, 0.15) is 28.8 Å². The van der Waals surface area contributed by atoms with Crippen LogP contribution in [0.2, 0.25) is 0 Å². The minimum absolute atomic E-state index is 0.253. The van der Waals surface area contributed by atoms with Crippen LogP contribution >= 0.6 is 12.2 Å². The second-order valence-electron chi connectivity index (χ2n) is 6.00. The zero-order valence-corrected chi connectivity index (χ0v) is 15.1. The summed E-state index contributed by atoms with van der Waals surface area (Å²) in [4.78, 5) is 11.5. The highest BCUT2D eigenvalue weighted by molar-refractivity contribution is 7.80. The lowest BCUT2D eigenvalue weighted by atomic mass is 9.95. The van der Waals surface area contributed by atoms with Crippen LogP contribution in [0.25, 0.3) is 0 Å². The lowest BCUT2D eigenvalue weighted by Gasteiger charge is -2.24. The van der Waals surface area contributed by atoms with Gasteiger partial charge in [-0.15, -0.1) is 0 Å². The minimum atomic E-state index is -1.03. The number of carboxylic acid groups (broad SMARTS) is 1. The number of carbonyl (C=O) groups is 1. The van der Waals surface area contributed by atoms with Gasteiger partial charge in [0.25, 0.3) is 0 Å². The summed E-state index contributed by atoms with van der Waals surface area (Å²) in [6, 6.07) is 9.75. The molecular formula is C19H18FNO4S. The number of fused-ring (bicyclic) bond motifs is 1. The second-order valence-corrected chi connectivity index (χ2v) is 6.44. The molecule has 0 radical (unpaired) electrons. The Hall–Kier alpha value is -2.51. The monoisotopic (exact) mass is 375 g/mol. The van der Waals surface area contributed by atoms with E-state index in [2.05, 4.69) is 5.32 Å². The molecule has 0 saturated carbocycles. The zero-order chi connectivity index (χ0) is 18.8. The molecule has 136 valence electrons. The standard InChI is InChI=1S/C19H18FNO4S/c1-10-12(4-3-5-15(10)24-2)18-13-8-11(20)6-7-14(13)21-19(26)16(25-18)9-17(22)23/h3-8,16,18H,9H2,1-2H3,(H,21,26)(H,22,23). The molecule has 2 aromatic carbocycles. The van der Waals surface area contributed by atoms with Gasteiger partial charge in [-0.25, -0.2) is 4.39 Å². The van der Waals surface area contributed by atoms with Gasteiger partial charge >= 0.3 is 5.97 Å². The average Bonchev–Trinajstić information content (AvgIpc) is 2.72. The number of ether oxygens (including phenoxy) is 2. The number of benzene rings is 2. The maximum Gasteiger partial charge on any atom is 0.306 e. The van der Waals surface area contributed by atoms with Gasteiger partial charge in [0.15, 0.2) is 0 Å². The van der Waals surface area contributed by atoms with Crippen molar-refractivity contribution in [3.63, 3.8) is 0 Å². The molecule has 1 aliphatic rings. The van der Waals surface area contributed by atoms with Crippen LogP contribution in [0.5, 0.6) is 5.75 Å². The van der Waals surface area contributed by atoms with Gasteiger partial charge in [0, 0.05) is 11.3 Å². The molecule has 0 saturated heterocycles. The van der Waals surface area contributed by atoms with Gasteiger partial charge in [-0.05, 0) is 42.3 Å². The van der Waals surface area contributed by atoms with Crippen molar-refractivity contribution in [3.8, 4) is 5.75 Å². The van der Waals surface area contributed by atoms with E-state index in [1.54, 1.807) is 13.2 Å². The van der Waals surface area contributed by atoms with Crippen LogP contribution < -0.4 is 10.1 Å². The van der Waals surface area contributed by atoms with E-state index in [1.165, 1.54) is 12.1 Å². The summed E-state index contributed by atoms with van der Waals surface area (Å²) in [6.07, 6.45) is -1.82. The van der Waals surface area contributed by atoms with Crippen LogP contribution in [-0.4, -0.2) is 29.3 Å². The van der Waals surface area contributed by atoms with Crippen LogP contribution in [0, 0.1) is 12.7 Å². The lowest BCUT2D eigenvalue weighted by molar-refractivity contribution is -0.139. The third-order valence-electron chi connectivity index (χ3n) is 4.34. The number of hydrogen-bond acceptors (Lipinski definition) is 4. The second kappa shape index (κ2) is 7.39. The molecule has 1 heterocycles. The quantitative estimate of drug-likeness (QED) is 0.792. The van der Waals surface area contributed by atoms with Crippen LogP contribution in [0.15, 0.2) is 36.4 Å². The summed E-state index contributed by atoms with van der Waals surface area (Å²) in [7, 11) is 1.57. The Balaban J connectivity index is 2.15. The summed E-state index contributed by atoms with van der Waals surface area (Å²) < 4.78 is 25.4.